The molecule has 0 spiro atoms. The van der Waals surface area contributed by atoms with Crippen LogP contribution in [0.3, 0.4) is 0 Å². The summed E-state index contributed by atoms with van der Waals surface area (Å²) in [6.45, 7) is 1.98. The van der Waals surface area contributed by atoms with E-state index in [2.05, 4.69) is 62.1 Å². The predicted molar refractivity (Wildman–Crippen MR) is 127 cm³/mol. The third-order valence-corrected chi connectivity index (χ3v) is 6.45. The van der Waals surface area contributed by atoms with Gasteiger partial charge in [0.05, 0.1) is 11.6 Å². The maximum Gasteiger partial charge on any atom is 0.327 e. The van der Waals surface area contributed by atoms with Crippen LogP contribution < -0.4 is 15.5 Å². The lowest BCUT2D eigenvalue weighted by Crippen LogP contribution is -2.30. The fraction of sp³-hybridized carbons (Fsp3) is 0.320. The molecular formula is C25H26N6O. The second kappa shape index (κ2) is 8.15. The Bertz CT molecular complexity index is 1250. The number of anilines is 4. The Hall–Kier alpha value is -3.61. The van der Waals surface area contributed by atoms with Gasteiger partial charge in [-0.1, -0.05) is 24.3 Å². The standard InChI is InChI=1S/C25H26N6O/c1-4-14-31(15-5-1)24-29-25(32-30-24)26-19-10-12-21-18(16-19)9-13-23(27-21)28-22-11-8-17-6-2-3-7-20(17)22/h2-3,6-7,9-10,12-13,16,22H,1,4-5,8,11,14-15H2,(H,27,28)(H,26,29,30)/t22-/m1/s1. The van der Waals surface area contributed by atoms with Crippen LogP contribution in [0.4, 0.5) is 23.5 Å². The number of hydrogen-bond acceptors (Lipinski definition) is 7. The summed E-state index contributed by atoms with van der Waals surface area (Å²) < 4.78 is 5.42. The average Bonchev–Trinajstić information content (AvgIpc) is 3.47. The van der Waals surface area contributed by atoms with E-state index < -0.39 is 0 Å². The van der Waals surface area contributed by atoms with Crippen LogP contribution in [0.1, 0.15) is 42.9 Å². The van der Waals surface area contributed by atoms with Gasteiger partial charge in [-0.3, -0.25) is 0 Å². The Morgan fingerprint density at radius 2 is 1.84 bits per heavy atom. The summed E-state index contributed by atoms with van der Waals surface area (Å²) in [5, 5.41) is 12.0. The molecule has 4 aromatic rings. The molecule has 0 amide bonds. The molecule has 162 valence electrons. The van der Waals surface area contributed by atoms with Crippen LogP contribution in [0.25, 0.3) is 10.9 Å². The third-order valence-electron chi connectivity index (χ3n) is 6.45. The van der Waals surface area contributed by atoms with Crippen molar-refractivity contribution in [2.45, 2.75) is 38.1 Å². The molecule has 2 aromatic carbocycles. The Morgan fingerprint density at radius 3 is 2.78 bits per heavy atom. The summed E-state index contributed by atoms with van der Waals surface area (Å²) in [4.78, 5) is 11.5. The summed E-state index contributed by atoms with van der Waals surface area (Å²) in [5.74, 6) is 1.57. The van der Waals surface area contributed by atoms with Gasteiger partial charge in [0.25, 0.3) is 5.95 Å². The number of pyridine rings is 1. The Labute approximate surface area is 186 Å². The first-order valence-corrected chi connectivity index (χ1v) is 11.4. The maximum atomic E-state index is 5.42. The minimum absolute atomic E-state index is 0.323. The first-order chi connectivity index (χ1) is 15.8. The molecule has 2 aromatic heterocycles. The number of hydrogen-bond donors (Lipinski definition) is 2. The normalized spacial score (nSPS) is 18.0. The lowest BCUT2D eigenvalue weighted by atomic mass is 10.1. The van der Waals surface area contributed by atoms with Gasteiger partial charge in [-0.15, -0.1) is 0 Å². The zero-order valence-electron chi connectivity index (χ0n) is 17.9. The van der Waals surface area contributed by atoms with Gasteiger partial charge in [0.1, 0.15) is 5.82 Å². The van der Waals surface area contributed by atoms with Crippen molar-refractivity contribution in [3.8, 4) is 0 Å². The van der Waals surface area contributed by atoms with E-state index in [4.69, 9.17) is 9.51 Å². The molecule has 1 saturated heterocycles. The summed E-state index contributed by atoms with van der Waals surface area (Å²) >= 11 is 0. The van der Waals surface area contributed by atoms with Gasteiger partial charge >= 0.3 is 6.01 Å². The molecule has 1 fully saturated rings. The topological polar surface area (TPSA) is 79.1 Å². The number of aryl methyl sites for hydroxylation is 1. The number of rotatable bonds is 5. The number of benzene rings is 2. The highest BCUT2D eigenvalue weighted by atomic mass is 16.5. The van der Waals surface area contributed by atoms with E-state index in [1.54, 1.807) is 0 Å². The Kier molecular flexibility index (Phi) is 4.86. The number of fused-ring (bicyclic) bond motifs is 2. The quantitative estimate of drug-likeness (QED) is 0.439. The molecule has 1 atom stereocenters. The highest BCUT2D eigenvalue weighted by Crippen LogP contribution is 2.33. The van der Waals surface area contributed by atoms with Crippen molar-refractivity contribution in [3.05, 3.63) is 65.7 Å². The zero-order valence-corrected chi connectivity index (χ0v) is 17.9. The first-order valence-electron chi connectivity index (χ1n) is 11.4. The lowest BCUT2D eigenvalue weighted by molar-refractivity contribution is 0.429. The van der Waals surface area contributed by atoms with Gasteiger partial charge in [0.2, 0.25) is 0 Å². The first kappa shape index (κ1) is 19.1. The Balaban J connectivity index is 1.17. The van der Waals surface area contributed by atoms with Gasteiger partial charge in [0.15, 0.2) is 0 Å². The molecule has 0 unspecified atom stereocenters. The molecule has 7 heteroatoms. The third kappa shape index (κ3) is 3.75. The summed E-state index contributed by atoms with van der Waals surface area (Å²) in [6.07, 6.45) is 5.85. The van der Waals surface area contributed by atoms with E-state index in [-0.39, 0.29) is 0 Å². The van der Waals surface area contributed by atoms with Gasteiger partial charge in [-0.05, 0) is 78.7 Å². The van der Waals surface area contributed by atoms with Crippen LogP contribution in [0.5, 0.6) is 0 Å². The van der Waals surface area contributed by atoms with Gasteiger partial charge < -0.3 is 20.1 Å². The number of nitrogens with zero attached hydrogens (tertiary/aromatic N) is 4. The molecule has 6 rings (SSSR count). The van der Waals surface area contributed by atoms with Crippen LogP contribution in [-0.2, 0) is 6.42 Å². The number of aromatic nitrogens is 3. The van der Waals surface area contributed by atoms with Crippen molar-refractivity contribution in [3.63, 3.8) is 0 Å². The van der Waals surface area contributed by atoms with Crippen LogP contribution in [-0.4, -0.2) is 28.2 Å². The van der Waals surface area contributed by atoms with Crippen molar-refractivity contribution < 1.29 is 4.52 Å². The van der Waals surface area contributed by atoms with Crippen LogP contribution in [0, 0.1) is 0 Å². The smallest absolute Gasteiger partial charge is 0.327 e. The molecule has 2 N–H and O–H groups in total. The second-order valence-electron chi connectivity index (χ2n) is 8.61. The summed E-state index contributed by atoms with van der Waals surface area (Å²) in [5.41, 5.74) is 4.67. The highest BCUT2D eigenvalue weighted by Gasteiger charge is 2.22. The second-order valence-corrected chi connectivity index (χ2v) is 8.61. The predicted octanol–water partition coefficient (Wildman–Crippen LogP) is 5.45. The number of nitrogens with one attached hydrogen (secondary N) is 2. The zero-order chi connectivity index (χ0) is 21.3. The summed E-state index contributed by atoms with van der Waals surface area (Å²) in [7, 11) is 0. The molecule has 3 heterocycles. The molecular weight excluding hydrogens is 400 g/mol. The molecule has 32 heavy (non-hydrogen) atoms. The van der Waals surface area contributed by atoms with E-state index in [0.717, 1.165) is 48.3 Å². The van der Waals surface area contributed by atoms with E-state index >= 15 is 0 Å². The van der Waals surface area contributed by atoms with E-state index in [0.29, 0.717) is 18.0 Å². The SMILES string of the molecule is c1ccc2c(c1)CC[C@H]2Nc1ccc2cc(Nc3nc(N4CCCCC4)no3)ccc2n1. The fourth-order valence-corrected chi connectivity index (χ4v) is 4.78. The summed E-state index contributed by atoms with van der Waals surface area (Å²) in [6, 6.07) is 19.6. The number of piperidine rings is 1. The molecule has 2 aliphatic rings. The van der Waals surface area contributed by atoms with Crippen LogP contribution >= 0.6 is 0 Å². The molecule has 0 bridgehead atoms. The van der Waals surface area contributed by atoms with Crippen molar-refractivity contribution in [2.75, 3.05) is 28.6 Å². The van der Waals surface area contributed by atoms with E-state index in [1.807, 2.05) is 18.2 Å². The van der Waals surface area contributed by atoms with Crippen molar-refractivity contribution >= 4 is 34.4 Å². The van der Waals surface area contributed by atoms with Crippen LogP contribution in [0.15, 0.2) is 59.1 Å². The van der Waals surface area contributed by atoms with E-state index in [9.17, 15) is 0 Å². The largest absolute Gasteiger partial charge is 0.363 e. The van der Waals surface area contributed by atoms with E-state index in [1.165, 1.54) is 30.4 Å². The van der Waals surface area contributed by atoms with Crippen molar-refractivity contribution in [2.24, 2.45) is 0 Å². The minimum Gasteiger partial charge on any atom is -0.363 e. The monoisotopic (exact) mass is 426 g/mol. The minimum atomic E-state index is 0.323. The molecule has 7 nitrogen and oxygen atoms in total. The molecule has 0 radical (unpaired) electrons. The van der Waals surface area contributed by atoms with Gasteiger partial charge in [-0.2, -0.15) is 4.98 Å². The molecule has 1 aliphatic carbocycles. The lowest BCUT2D eigenvalue weighted by Gasteiger charge is -2.24. The fourth-order valence-electron chi connectivity index (χ4n) is 4.78. The molecule has 0 saturated carbocycles. The maximum absolute atomic E-state index is 5.42. The highest BCUT2D eigenvalue weighted by molar-refractivity contribution is 5.84. The van der Waals surface area contributed by atoms with Crippen molar-refractivity contribution in [1.29, 1.82) is 0 Å². The van der Waals surface area contributed by atoms with Crippen LogP contribution in [0.2, 0.25) is 0 Å². The van der Waals surface area contributed by atoms with Gasteiger partial charge in [-0.25, -0.2) is 4.98 Å². The van der Waals surface area contributed by atoms with Crippen molar-refractivity contribution in [1.82, 2.24) is 15.1 Å². The molecule has 1 aliphatic heterocycles. The van der Waals surface area contributed by atoms with Gasteiger partial charge in [0, 0.05) is 24.2 Å². The Morgan fingerprint density at radius 1 is 0.938 bits per heavy atom. The average molecular weight is 427 g/mol.